The molecular weight excluding hydrogens is 1290 g/mol. The number of nitro benzene ring substituents is 1. The highest BCUT2D eigenvalue weighted by Crippen LogP contribution is 2.34. The van der Waals surface area contributed by atoms with Crippen LogP contribution in [0.5, 0.6) is 0 Å². The number of nitrogens with one attached hydrogen (secondary N) is 6. The van der Waals surface area contributed by atoms with Gasteiger partial charge in [0.2, 0.25) is 23.6 Å². The Balaban J connectivity index is 0.000000961. The van der Waals surface area contributed by atoms with Gasteiger partial charge < -0.3 is 17.2 Å². The molecule has 0 aliphatic rings. The van der Waals surface area contributed by atoms with Crippen LogP contribution >= 0.6 is 48.0 Å². The predicted molar refractivity (Wildman–Crippen MR) is 300 cm³/mol. The van der Waals surface area contributed by atoms with Gasteiger partial charge in [-0.25, -0.2) is 52.6 Å². The van der Waals surface area contributed by atoms with Crippen LogP contribution in [-0.4, -0.2) is 93.0 Å². The van der Waals surface area contributed by atoms with Gasteiger partial charge in [-0.15, -0.1) is 48.0 Å². The van der Waals surface area contributed by atoms with Crippen molar-refractivity contribution < 1.29 is 57.8 Å². The molecular formula is C41H58I2N14O14S4. The summed E-state index contributed by atoms with van der Waals surface area (Å²) < 4.78 is 104. The smallest absolute Gasteiger partial charge is 0.296 e. The zero-order valence-corrected chi connectivity index (χ0v) is 49.4. The second kappa shape index (κ2) is 26.4. The van der Waals surface area contributed by atoms with E-state index in [2.05, 4.69) is 30.8 Å². The van der Waals surface area contributed by atoms with Gasteiger partial charge in [-0.2, -0.15) is 30.8 Å². The molecule has 0 aliphatic carbocycles. The molecule has 6 aromatic rings. The van der Waals surface area contributed by atoms with Crippen LogP contribution < -0.4 is 36.1 Å². The van der Waals surface area contributed by atoms with Gasteiger partial charge >= 0.3 is 0 Å². The second-order valence-electron chi connectivity index (χ2n) is 15.8. The Morgan fingerprint density at radius 2 is 0.747 bits per heavy atom. The molecule has 0 atom stereocenters. The van der Waals surface area contributed by atoms with Gasteiger partial charge in [0.05, 0.1) is 31.0 Å². The van der Waals surface area contributed by atoms with Crippen LogP contribution in [0.3, 0.4) is 0 Å². The number of amides is 4. The summed E-state index contributed by atoms with van der Waals surface area (Å²) in [6.45, 7) is 16.9. The van der Waals surface area contributed by atoms with E-state index < -0.39 is 74.3 Å². The quantitative estimate of drug-likeness (QED) is 0.0432. The SMILES string of the molecule is C.CC(=O)NS(=O)(=O)c1c(C)cc(N)c(N)c1C.CC(=O)NS(=O)(=O)c1c(C)cc(N)c([N+](=O)[O-])c1C.CC(=O)NS(=O)(=O)c1c(C)cc2n[nH]nc2c1C.CC(=O)NS(=O)(=O)c1c(C)cc2n[nH]nc2c1C.I.I. The van der Waals surface area contributed by atoms with E-state index in [0.717, 1.165) is 27.7 Å². The number of carbonyl (C=O) groups is 4. The fraction of sp³-hybridized carbons (Fsp3) is 0.317. The molecule has 0 fully saturated rings. The molecule has 6 rings (SSSR count). The van der Waals surface area contributed by atoms with E-state index in [-0.39, 0.29) is 97.5 Å². The van der Waals surface area contributed by atoms with Crippen LogP contribution in [0.4, 0.5) is 22.7 Å². The number of fused-ring (bicyclic) bond motifs is 2. The fourth-order valence-corrected chi connectivity index (χ4v) is 13.3. The van der Waals surface area contributed by atoms with Crippen LogP contribution in [0, 0.1) is 65.5 Å². The van der Waals surface area contributed by atoms with Crippen molar-refractivity contribution in [2.75, 3.05) is 17.2 Å². The summed E-state index contributed by atoms with van der Waals surface area (Å²) in [4.78, 5) is 53.6. The highest BCUT2D eigenvalue weighted by Gasteiger charge is 2.30. The van der Waals surface area contributed by atoms with Crippen LogP contribution in [0.1, 0.15) is 79.6 Å². The summed E-state index contributed by atoms with van der Waals surface area (Å²) >= 11 is 0. The number of benzene rings is 4. The number of nitrogens with zero attached hydrogens (tertiary/aromatic N) is 5. The van der Waals surface area contributed by atoms with Crippen LogP contribution in [0.25, 0.3) is 22.1 Å². The number of aromatic amines is 2. The molecule has 12 N–H and O–H groups in total. The molecule has 2 aromatic heterocycles. The lowest BCUT2D eigenvalue weighted by Crippen LogP contribution is -2.29. The first kappa shape index (κ1) is 68.6. The van der Waals surface area contributed by atoms with Gasteiger partial charge in [0.1, 0.15) is 32.6 Å². The van der Waals surface area contributed by atoms with E-state index in [1.165, 1.54) is 26.0 Å². The lowest BCUT2D eigenvalue weighted by Gasteiger charge is -2.14. The summed E-state index contributed by atoms with van der Waals surface area (Å²) in [5.41, 5.74) is 21.8. The number of rotatable bonds is 9. The fourth-order valence-electron chi connectivity index (χ4n) is 7.43. The Labute approximate surface area is 466 Å². The van der Waals surface area contributed by atoms with Gasteiger partial charge in [0.15, 0.2) is 0 Å². The second-order valence-corrected chi connectivity index (χ2v) is 22.3. The lowest BCUT2D eigenvalue weighted by molar-refractivity contribution is -0.384. The number of H-pyrrole nitrogens is 2. The van der Waals surface area contributed by atoms with E-state index in [1.54, 1.807) is 58.4 Å². The standard InChI is InChI=1S/2C10H12N4O3S.C10H13N3O5S.C10H15N3O3S.CH4.2HI/c2*1-5-4-8-9(12-14-11-8)6(2)10(5)18(16,17)13-7(3)15;1-5-4-8(11)9(13(15)16)6(2)10(5)19(17,18)12-7(3)14;1-5-4-8(11)9(12)6(2)10(5)17(15,16)13-7(3)14;;;/h2*4H,1-3H3,(H,13,15)(H,11,12,14);4H,11H2,1-3H3,(H,12,14);4H,11-12H2,1-3H3,(H,13,14);1H4;2*1H. The third-order valence-electron chi connectivity index (χ3n) is 9.82. The van der Waals surface area contributed by atoms with Crippen molar-refractivity contribution in [3.63, 3.8) is 0 Å². The number of nitrogen functional groups attached to an aromatic ring is 3. The van der Waals surface area contributed by atoms with Gasteiger partial charge in [0.25, 0.3) is 45.8 Å². The van der Waals surface area contributed by atoms with Crippen molar-refractivity contribution in [2.45, 2.75) is 110 Å². The minimum Gasteiger partial charge on any atom is -0.397 e. The van der Waals surface area contributed by atoms with Crippen LogP contribution in [0.15, 0.2) is 43.8 Å². The van der Waals surface area contributed by atoms with Gasteiger partial charge in [-0.3, -0.25) is 29.3 Å². The van der Waals surface area contributed by atoms with Crippen molar-refractivity contribution in [2.24, 2.45) is 0 Å². The van der Waals surface area contributed by atoms with Crippen molar-refractivity contribution in [3.05, 3.63) is 78.9 Å². The van der Waals surface area contributed by atoms with Crippen LogP contribution in [-0.2, 0) is 59.3 Å². The molecule has 0 saturated heterocycles. The summed E-state index contributed by atoms with van der Waals surface area (Å²) in [6, 6.07) is 5.89. The minimum absolute atomic E-state index is 0. The molecule has 28 nitrogen and oxygen atoms in total. The Morgan fingerprint density at radius 1 is 0.480 bits per heavy atom. The maximum Gasteiger partial charge on any atom is 0.296 e. The maximum absolute atomic E-state index is 12.1. The Morgan fingerprint density at radius 3 is 1.04 bits per heavy atom. The van der Waals surface area contributed by atoms with Gasteiger partial charge in [-0.1, -0.05) is 7.43 Å². The molecule has 0 radical (unpaired) electrons. The van der Waals surface area contributed by atoms with E-state index >= 15 is 0 Å². The number of anilines is 3. The summed E-state index contributed by atoms with van der Waals surface area (Å²) in [6.07, 6.45) is 0. The maximum atomic E-state index is 12.1. The zero-order valence-electron chi connectivity index (χ0n) is 41.4. The average molecular weight is 1350 g/mol. The molecule has 4 aromatic carbocycles. The molecule has 0 aliphatic heterocycles. The molecule has 0 bridgehead atoms. The van der Waals surface area contributed by atoms with Crippen molar-refractivity contribution in [1.82, 2.24) is 49.7 Å². The summed E-state index contributed by atoms with van der Waals surface area (Å²) in [5.74, 6) is -2.69. The molecule has 414 valence electrons. The number of nitrogens with two attached hydrogens (primary N) is 3. The van der Waals surface area contributed by atoms with Gasteiger partial charge in [-0.05, 0) is 119 Å². The van der Waals surface area contributed by atoms with Crippen LogP contribution in [0.2, 0.25) is 0 Å². The molecule has 75 heavy (non-hydrogen) atoms. The van der Waals surface area contributed by atoms with Crippen molar-refractivity contribution in [3.8, 4) is 0 Å². The number of nitro groups is 1. The molecule has 0 spiro atoms. The summed E-state index contributed by atoms with van der Waals surface area (Å²) in [5, 5.41) is 31.4. The van der Waals surface area contributed by atoms with Crippen molar-refractivity contribution in [1.29, 1.82) is 0 Å². The number of carbonyl (C=O) groups excluding carboxylic acids is 4. The molecule has 0 saturated carbocycles. The minimum atomic E-state index is -4.15. The number of hydrogen-bond acceptors (Lipinski definition) is 21. The third kappa shape index (κ3) is 16.3. The summed E-state index contributed by atoms with van der Waals surface area (Å²) in [7, 11) is -15.8. The normalized spacial score (nSPS) is 11.0. The largest absolute Gasteiger partial charge is 0.397 e. The molecule has 4 amide bonds. The van der Waals surface area contributed by atoms with E-state index in [0.29, 0.717) is 61.1 Å². The Bertz CT molecular complexity index is 3550. The Hall–Kier alpha value is -6.38. The van der Waals surface area contributed by atoms with E-state index in [1.807, 2.05) is 14.2 Å². The predicted octanol–water partition coefficient (Wildman–Crippen LogP) is 3.58. The first-order valence-electron chi connectivity index (χ1n) is 20.3. The molecule has 0 unspecified atom stereocenters. The third-order valence-corrected chi connectivity index (χ3v) is 16.7. The number of halogens is 2. The Kier molecular flexibility index (Phi) is 24.2. The van der Waals surface area contributed by atoms with Gasteiger partial charge in [0, 0.05) is 33.3 Å². The number of aromatic nitrogens is 6. The van der Waals surface area contributed by atoms with E-state index in [4.69, 9.17) is 17.2 Å². The average Bonchev–Trinajstić information content (AvgIpc) is 3.85. The molecule has 2 heterocycles. The monoisotopic (exact) mass is 1350 g/mol. The number of aryl methyl sites for hydroxylation is 6. The zero-order chi connectivity index (χ0) is 55.3. The highest BCUT2D eigenvalue weighted by atomic mass is 127. The number of sulfonamides is 4. The first-order chi connectivity index (χ1) is 32.9. The first-order valence-corrected chi connectivity index (χ1v) is 26.3. The highest BCUT2D eigenvalue weighted by molar-refractivity contribution is 14.0. The lowest BCUT2D eigenvalue weighted by atomic mass is 10.1. The topological polar surface area (TPSA) is 457 Å². The van der Waals surface area contributed by atoms with E-state index in [9.17, 15) is 63.0 Å². The molecule has 34 heteroatoms. The number of hydrogen-bond donors (Lipinski definition) is 9. The van der Waals surface area contributed by atoms with Crippen molar-refractivity contribution >= 4 is 156 Å².